The molecule has 1 aliphatic heterocycles. The number of ether oxygens (including phenoxy) is 2. The summed E-state index contributed by atoms with van der Waals surface area (Å²) < 4.78 is 16.5. The average molecular weight is 419 g/mol. The monoisotopic (exact) mass is 418 g/mol. The van der Waals surface area contributed by atoms with Crippen LogP contribution in [0.3, 0.4) is 0 Å². The molecule has 0 aliphatic carbocycles. The van der Waals surface area contributed by atoms with Crippen molar-refractivity contribution in [2.75, 3.05) is 38.8 Å². The predicted octanol–water partition coefficient (Wildman–Crippen LogP) is 3.46. The highest BCUT2D eigenvalue weighted by Gasteiger charge is 2.25. The van der Waals surface area contributed by atoms with E-state index >= 15 is 0 Å². The molecule has 0 bridgehead atoms. The first kappa shape index (κ1) is 21.2. The maximum atomic E-state index is 5.70. The fourth-order valence-corrected chi connectivity index (χ4v) is 3.88. The maximum absolute atomic E-state index is 5.70. The molecule has 8 heteroatoms. The number of rotatable bonds is 7. The minimum absolute atomic E-state index is 0. The second-order valence-corrected chi connectivity index (χ2v) is 6.98. The Labute approximate surface area is 176 Å². The predicted molar refractivity (Wildman–Crippen MR) is 116 cm³/mol. The molecule has 0 saturated carbocycles. The normalized spacial score (nSPS) is 16.5. The van der Waals surface area contributed by atoms with Gasteiger partial charge in [-0.3, -0.25) is 0 Å². The Morgan fingerprint density at radius 2 is 2.17 bits per heavy atom. The van der Waals surface area contributed by atoms with Crippen LogP contribution >= 0.6 is 12.4 Å². The molecule has 3 heterocycles. The first-order valence-electron chi connectivity index (χ1n) is 9.65. The Kier molecular flexibility index (Phi) is 7.17. The van der Waals surface area contributed by atoms with Gasteiger partial charge in [0.05, 0.1) is 26.7 Å². The van der Waals surface area contributed by atoms with Crippen molar-refractivity contribution in [3.63, 3.8) is 0 Å². The summed E-state index contributed by atoms with van der Waals surface area (Å²) in [6.07, 6.45) is 8.26. The van der Waals surface area contributed by atoms with E-state index in [9.17, 15) is 0 Å². The molecule has 1 fully saturated rings. The number of hydrogen-bond acceptors (Lipinski definition) is 7. The molecular weight excluding hydrogens is 392 g/mol. The number of piperazine rings is 1. The van der Waals surface area contributed by atoms with E-state index in [0.717, 1.165) is 67.2 Å². The van der Waals surface area contributed by atoms with Crippen molar-refractivity contribution in [2.45, 2.75) is 25.3 Å². The number of halogens is 1. The van der Waals surface area contributed by atoms with Crippen LogP contribution in [-0.2, 0) is 6.42 Å². The van der Waals surface area contributed by atoms with Crippen LogP contribution in [0.1, 0.15) is 18.4 Å². The molecule has 1 N–H and O–H groups in total. The first-order valence-corrected chi connectivity index (χ1v) is 9.65. The van der Waals surface area contributed by atoms with Gasteiger partial charge in [0, 0.05) is 31.1 Å². The van der Waals surface area contributed by atoms with E-state index in [0.29, 0.717) is 6.04 Å². The lowest BCUT2D eigenvalue weighted by atomic mass is 10.0. The third-order valence-electron chi connectivity index (χ3n) is 5.35. The molecular formula is C21H27ClN4O3. The standard InChI is InChI=1S/C21H26N4O3.ClH/c1-26-17-6-7-19-18(10-17)15(13-28-19)4-3-5-16-11-22-8-9-25(16)21-20(27-2)12-23-14-24-21;/h6-7,10,12-14,16,22H,3-5,8-9,11H2,1-2H3;1H. The van der Waals surface area contributed by atoms with Gasteiger partial charge in [-0.25, -0.2) is 9.97 Å². The number of aromatic nitrogens is 2. The van der Waals surface area contributed by atoms with Crippen molar-refractivity contribution in [1.29, 1.82) is 0 Å². The van der Waals surface area contributed by atoms with Crippen LogP contribution in [-0.4, -0.2) is 49.9 Å². The number of benzene rings is 1. The topological polar surface area (TPSA) is 72.7 Å². The van der Waals surface area contributed by atoms with Crippen molar-refractivity contribution in [2.24, 2.45) is 0 Å². The zero-order chi connectivity index (χ0) is 19.3. The van der Waals surface area contributed by atoms with E-state index in [-0.39, 0.29) is 12.4 Å². The van der Waals surface area contributed by atoms with Gasteiger partial charge in [-0.1, -0.05) is 0 Å². The number of nitrogens with one attached hydrogen (secondary N) is 1. The van der Waals surface area contributed by atoms with Crippen molar-refractivity contribution in [1.82, 2.24) is 15.3 Å². The second-order valence-electron chi connectivity index (χ2n) is 6.98. The van der Waals surface area contributed by atoms with Gasteiger partial charge in [0.2, 0.25) is 0 Å². The van der Waals surface area contributed by atoms with Crippen LogP contribution < -0.4 is 19.7 Å². The van der Waals surface area contributed by atoms with Crippen LogP contribution in [0.2, 0.25) is 0 Å². The fourth-order valence-electron chi connectivity index (χ4n) is 3.88. The highest BCUT2D eigenvalue weighted by atomic mass is 35.5. The Balaban J connectivity index is 0.00000240. The number of aryl methyl sites for hydroxylation is 1. The van der Waals surface area contributed by atoms with Gasteiger partial charge < -0.3 is 24.1 Å². The second kappa shape index (κ2) is 9.80. The zero-order valence-electron chi connectivity index (χ0n) is 16.8. The van der Waals surface area contributed by atoms with Crippen molar-refractivity contribution in [3.8, 4) is 11.5 Å². The lowest BCUT2D eigenvalue weighted by Gasteiger charge is -2.37. The summed E-state index contributed by atoms with van der Waals surface area (Å²) in [6, 6.07) is 6.31. The number of hydrogen-bond donors (Lipinski definition) is 1. The van der Waals surface area contributed by atoms with E-state index in [1.165, 1.54) is 5.56 Å². The van der Waals surface area contributed by atoms with E-state index in [2.05, 4.69) is 20.2 Å². The SMILES string of the molecule is COc1ccc2occ(CCCC3CNCCN3c3ncncc3OC)c2c1.Cl. The molecule has 7 nitrogen and oxygen atoms in total. The lowest BCUT2D eigenvalue weighted by Crippen LogP contribution is -2.51. The van der Waals surface area contributed by atoms with Crippen LogP contribution in [0.15, 0.2) is 41.4 Å². The average Bonchev–Trinajstić information content (AvgIpc) is 3.16. The number of anilines is 1. The van der Waals surface area contributed by atoms with E-state index in [1.54, 1.807) is 26.7 Å². The highest BCUT2D eigenvalue weighted by Crippen LogP contribution is 2.29. The largest absolute Gasteiger partial charge is 0.497 e. The summed E-state index contributed by atoms with van der Waals surface area (Å²) in [7, 11) is 3.35. The van der Waals surface area contributed by atoms with Crippen molar-refractivity contribution >= 4 is 29.2 Å². The molecule has 1 saturated heterocycles. The third-order valence-corrected chi connectivity index (χ3v) is 5.35. The Morgan fingerprint density at radius 3 is 3.00 bits per heavy atom. The lowest BCUT2D eigenvalue weighted by molar-refractivity contribution is 0.396. The van der Waals surface area contributed by atoms with Gasteiger partial charge in [-0.15, -0.1) is 12.4 Å². The Bertz CT molecular complexity index is 933. The van der Waals surface area contributed by atoms with Gasteiger partial charge in [0.1, 0.15) is 17.7 Å². The van der Waals surface area contributed by atoms with E-state index in [1.807, 2.05) is 24.5 Å². The summed E-state index contributed by atoms with van der Waals surface area (Å²) in [4.78, 5) is 10.9. The van der Waals surface area contributed by atoms with Crippen LogP contribution in [0.4, 0.5) is 5.82 Å². The molecule has 29 heavy (non-hydrogen) atoms. The first-order chi connectivity index (χ1) is 13.8. The molecule has 1 atom stereocenters. The minimum atomic E-state index is 0. The molecule has 156 valence electrons. The fraction of sp³-hybridized carbons (Fsp3) is 0.429. The number of fused-ring (bicyclic) bond motifs is 1. The van der Waals surface area contributed by atoms with Crippen molar-refractivity contribution in [3.05, 3.63) is 42.5 Å². The summed E-state index contributed by atoms with van der Waals surface area (Å²) >= 11 is 0. The van der Waals surface area contributed by atoms with Crippen LogP contribution in [0.5, 0.6) is 11.5 Å². The molecule has 1 unspecified atom stereocenters. The quantitative estimate of drug-likeness (QED) is 0.629. The minimum Gasteiger partial charge on any atom is -0.497 e. The summed E-state index contributed by atoms with van der Waals surface area (Å²) in [6.45, 7) is 2.78. The van der Waals surface area contributed by atoms with Crippen molar-refractivity contribution < 1.29 is 13.9 Å². The van der Waals surface area contributed by atoms with E-state index < -0.39 is 0 Å². The van der Waals surface area contributed by atoms with E-state index in [4.69, 9.17) is 13.9 Å². The number of furan rings is 1. The molecule has 4 rings (SSSR count). The Morgan fingerprint density at radius 1 is 1.28 bits per heavy atom. The summed E-state index contributed by atoms with van der Waals surface area (Å²) in [5, 5.41) is 4.63. The van der Waals surface area contributed by atoms with Gasteiger partial charge in [0.25, 0.3) is 0 Å². The molecule has 1 aromatic carbocycles. The smallest absolute Gasteiger partial charge is 0.179 e. The molecule has 0 amide bonds. The maximum Gasteiger partial charge on any atom is 0.179 e. The molecule has 2 aromatic heterocycles. The number of nitrogens with zero attached hydrogens (tertiary/aromatic N) is 3. The molecule has 0 radical (unpaired) electrons. The van der Waals surface area contributed by atoms with Crippen LogP contribution in [0.25, 0.3) is 11.0 Å². The molecule has 0 spiro atoms. The highest BCUT2D eigenvalue weighted by molar-refractivity contribution is 5.85. The zero-order valence-corrected chi connectivity index (χ0v) is 17.6. The van der Waals surface area contributed by atoms with Gasteiger partial charge in [-0.2, -0.15) is 0 Å². The van der Waals surface area contributed by atoms with Gasteiger partial charge in [-0.05, 0) is 43.0 Å². The Hall–Kier alpha value is -2.51. The molecule has 3 aromatic rings. The van der Waals surface area contributed by atoms with Gasteiger partial charge in [0.15, 0.2) is 11.6 Å². The van der Waals surface area contributed by atoms with Gasteiger partial charge >= 0.3 is 0 Å². The third kappa shape index (κ3) is 4.57. The summed E-state index contributed by atoms with van der Waals surface area (Å²) in [5.41, 5.74) is 2.13. The molecule has 1 aliphatic rings. The van der Waals surface area contributed by atoms with Crippen LogP contribution in [0, 0.1) is 0 Å². The summed E-state index contributed by atoms with van der Waals surface area (Å²) in [5.74, 6) is 2.46. The number of methoxy groups -OCH3 is 2.